The highest BCUT2D eigenvalue weighted by atomic mass is 32.1. The van der Waals surface area contributed by atoms with Crippen molar-refractivity contribution in [3.05, 3.63) is 16.1 Å². The van der Waals surface area contributed by atoms with Crippen molar-refractivity contribution in [2.45, 2.75) is 38.8 Å². The molecule has 2 N–H and O–H groups in total. The third-order valence-electron chi connectivity index (χ3n) is 4.24. The Morgan fingerprint density at radius 3 is 2.95 bits per heavy atom. The van der Waals surface area contributed by atoms with Crippen LogP contribution in [0.5, 0.6) is 0 Å². The minimum atomic E-state index is 0.747. The van der Waals surface area contributed by atoms with Crippen molar-refractivity contribution in [1.82, 2.24) is 20.5 Å². The van der Waals surface area contributed by atoms with E-state index in [0.717, 1.165) is 36.0 Å². The molecule has 0 aromatic carbocycles. The molecule has 116 valence electrons. The molecular formula is C15H25N5S. The molecule has 1 atom stereocenters. The highest BCUT2D eigenvalue weighted by Gasteiger charge is 2.34. The minimum Gasteiger partial charge on any atom is -0.356 e. The molecular weight excluding hydrogens is 282 g/mol. The summed E-state index contributed by atoms with van der Waals surface area (Å²) in [6, 6.07) is 0.903. The first kappa shape index (κ1) is 14.8. The smallest absolute Gasteiger partial charge is 0.191 e. The van der Waals surface area contributed by atoms with Gasteiger partial charge in [0.05, 0.1) is 6.54 Å². The SMILES string of the molecule is CN=C(NCc1ncc(C)s1)NCC1CCN(C2CC2)C1. The average molecular weight is 307 g/mol. The van der Waals surface area contributed by atoms with E-state index in [9.17, 15) is 0 Å². The Bertz CT molecular complexity index is 494. The highest BCUT2D eigenvalue weighted by Crippen LogP contribution is 2.31. The van der Waals surface area contributed by atoms with Crippen LogP contribution in [0.25, 0.3) is 0 Å². The third-order valence-corrected chi connectivity index (χ3v) is 5.15. The Labute approximate surface area is 130 Å². The number of rotatable bonds is 5. The Hall–Kier alpha value is -1.14. The van der Waals surface area contributed by atoms with Crippen LogP contribution in [0.3, 0.4) is 0 Å². The Balaban J connectivity index is 1.38. The van der Waals surface area contributed by atoms with Gasteiger partial charge < -0.3 is 15.5 Å². The lowest BCUT2D eigenvalue weighted by Crippen LogP contribution is -2.40. The van der Waals surface area contributed by atoms with Gasteiger partial charge in [-0.05, 0) is 38.6 Å². The maximum Gasteiger partial charge on any atom is 0.191 e. The molecule has 21 heavy (non-hydrogen) atoms. The Morgan fingerprint density at radius 1 is 1.43 bits per heavy atom. The Kier molecular flexibility index (Phi) is 4.75. The van der Waals surface area contributed by atoms with E-state index in [-0.39, 0.29) is 0 Å². The maximum absolute atomic E-state index is 4.36. The fraction of sp³-hybridized carbons (Fsp3) is 0.733. The summed E-state index contributed by atoms with van der Waals surface area (Å²) in [4.78, 5) is 12.6. The van der Waals surface area contributed by atoms with E-state index < -0.39 is 0 Å². The topological polar surface area (TPSA) is 52.6 Å². The summed E-state index contributed by atoms with van der Waals surface area (Å²) in [7, 11) is 1.83. The molecule has 3 rings (SSSR count). The molecule has 1 unspecified atom stereocenters. The van der Waals surface area contributed by atoms with Crippen LogP contribution in [0.4, 0.5) is 0 Å². The van der Waals surface area contributed by atoms with Crippen LogP contribution < -0.4 is 10.6 Å². The number of hydrogen-bond acceptors (Lipinski definition) is 4. The summed E-state index contributed by atoms with van der Waals surface area (Å²) in [5.74, 6) is 1.64. The van der Waals surface area contributed by atoms with Crippen LogP contribution in [0, 0.1) is 12.8 Å². The molecule has 1 aromatic rings. The normalized spacial score (nSPS) is 23.5. The number of nitrogens with one attached hydrogen (secondary N) is 2. The van der Waals surface area contributed by atoms with E-state index in [1.165, 1.54) is 37.2 Å². The van der Waals surface area contributed by atoms with Gasteiger partial charge in [-0.1, -0.05) is 0 Å². The van der Waals surface area contributed by atoms with E-state index in [2.05, 4.69) is 32.4 Å². The van der Waals surface area contributed by atoms with E-state index in [1.54, 1.807) is 11.3 Å². The predicted octanol–water partition coefficient (Wildman–Crippen LogP) is 1.60. The molecule has 2 aliphatic rings. The summed E-state index contributed by atoms with van der Waals surface area (Å²) in [6.45, 7) is 6.37. The first-order valence-electron chi connectivity index (χ1n) is 7.84. The molecule has 0 radical (unpaired) electrons. The van der Waals surface area contributed by atoms with Gasteiger partial charge in [0.1, 0.15) is 5.01 Å². The van der Waals surface area contributed by atoms with Crippen molar-refractivity contribution in [3.63, 3.8) is 0 Å². The molecule has 0 bridgehead atoms. The van der Waals surface area contributed by atoms with Crippen molar-refractivity contribution in [1.29, 1.82) is 0 Å². The zero-order valence-corrected chi connectivity index (χ0v) is 13.7. The summed E-state index contributed by atoms with van der Waals surface area (Å²) in [5.41, 5.74) is 0. The molecule has 5 nitrogen and oxygen atoms in total. The van der Waals surface area contributed by atoms with Crippen molar-refractivity contribution in [2.75, 3.05) is 26.7 Å². The van der Waals surface area contributed by atoms with Crippen molar-refractivity contribution in [3.8, 4) is 0 Å². The summed E-state index contributed by atoms with van der Waals surface area (Å²) < 4.78 is 0. The predicted molar refractivity (Wildman–Crippen MR) is 87.8 cm³/mol. The van der Waals surface area contributed by atoms with Crippen LogP contribution in [0.2, 0.25) is 0 Å². The molecule has 1 saturated heterocycles. The third kappa shape index (κ3) is 4.17. The minimum absolute atomic E-state index is 0.747. The zero-order valence-electron chi connectivity index (χ0n) is 12.9. The zero-order chi connectivity index (χ0) is 14.7. The van der Waals surface area contributed by atoms with Gasteiger partial charge in [0.15, 0.2) is 5.96 Å². The molecule has 0 spiro atoms. The van der Waals surface area contributed by atoms with Gasteiger partial charge >= 0.3 is 0 Å². The quantitative estimate of drug-likeness (QED) is 0.641. The lowest BCUT2D eigenvalue weighted by Gasteiger charge is -2.16. The number of hydrogen-bond donors (Lipinski definition) is 2. The van der Waals surface area contributed by atoms with Crippen LogP contribution in [0.15, 0.2) is 11.2 Å². The average Bonchev–Trinajstić information content (AvgIpc) is 3.09. The number of aryl methyl sites for hydroxylation is 1. The number of aromatic nitrogens is 1. The van der Waals surface area contributed by atoms with Crippen LogP contribution in [0.1, 0.15) is 29.1 Å². The van der Waals surface area contributed by atoms with E-state index in [1.807, 2.05) is 13.2 Å². The molecule has 0 amide bonds. The standard InChI is InChI=1S/C15H25N5S/c1-11-7-17-14(21-11)9-19-15(16-2)18-8-12-5-6-20(10-12)13-3-4-13/h7,12-13H,3-6,8-10H2,1-2H3,(H2,16,18,19). The van der Waals surface area contributed by atoms with Gasteiger partial charge in [0, 0.05) is 37.3 Å². The maximum atomic E-state index is 4.36. The van der Waals surface area contributed by atoms with Gasteiger partial charge in [-0.3, -0.25) is 4.99 Å². The lowest BCUT2D eigenvalue weighted by molar-refractivity contribution is 0.314. The number of guanidine groups is 1. The first-order chi connectivity index (χ1) is 10.2. The lowest BCUT2D eigenvalue weighted by atomic mass is 10.1. The fourth-order valence-electron chi connectivity index (χ4n) is 2.90. The number of nitrogens with zero attached hydrogens (tertiary/aromatic N) is 3. The van der Waals surface area contributed by atoms with E-state index in [0.29, 0.717) is 0 Å². The van der Waals surface area contributed by atoms with Gasteiger partial charge in [-0.15, -0.1) is 11.3 Å². The number of thiazole rings is 1. The van der Waals surface area contributed by atoms with E-state index in [4.69, 9.17) is 0 Å². The number of likely N-dealkylation sites (tertiary alicyclic amines) is 1. The van der Waals surface area contributed by atoms with Crippen LogP contribution in [-0.2, 0) is 6.54 Å². The monoisotopic (exact) mass is 307 g/mol. The molecule has 1 aromatic heterocycles. The summed E-state index contributed by atoms with van der Waals surface area (Å²) in [6.07, 6.45) is 6.06. The van der Waals surface area contributed by atoms with Crippen LogP contribution in [-0.4, -0.2) is 48.6 Å². The molecule has 6 heteroatoms. The largest absolute Gasteiger partial charge is 0.356 e. The van der Waals surface area contributed by atoms with Crippen LogP contribution >= 0.6 is 11.3 Å². The number of aliphatic imine (C=N–C) groups is 1. The fourth-order valence-corrected chi connectivity index (χ4v) is 3.63. The second-order valence-corrected chi connectivity index (χ2v) is 7.37. The van der Waals surface area contributed by atoms with Gasteiger partial charge in [-0.2, -0.15) is 0 Å². The second kappa shape index (κ2) is 6.75. The van der Waals surface area contributed by atoms with Crippen molar-refractivity contribution >= 4 is 17.3 Å². The first-order valence-corrected chi connectivity index (χ1v) is 8.66. The van der Waals surface area contributed by atoms with Gasteiger partial charge in [0.25, 0.3) is 0 Å². The second-order valence-electron chi connectivity index (χ2n) is 6.05. The van der Waals surface area contributed by atoms with Crippen molar-refractivity contribution in [2.24, 2.45) is 10.9 Å². The van der Waals surface area contributed by atoms with E-state index >= 15 is 0 Å². The molecule has 2 fully saturated rings. The summed E-state index contributed by atoms with van der Waals surface area (Å²) in [5, 5.41) is 7.91. The molecule has 1 aliphatic heterocycles. The molecule has 1 saturated carbocycles. The summed E-state index contributed by atoms with van der Waals surface area (Å²) >= 11 is 1.73. The van der Waals surface area contributed by atoms with Crippen molar-refractivity contribution < 1.29 is 0 Å². The van der Waals surface area contributed by atoms with Gasteiger partial charge in [0.2, 0.25) is 0 Å². The highest BCUT2D eigenvalue weighted by molar-refractivity contribution is 7.11. The Morgan fingerprint density at radius 2 is 2.29 bits per heavy atom. The van der Waals surface area contributed by atoms with Gasteiger partial charge in [-0.25, -0.2) is 4.98 Å². The molecule has 2 heterocycles. The molecule has 1 aliphatic carbocycles.